The highest BCUT2D eigenvalue weighted by Gasteiger charge is 2.62. The van der Waals surface area contributed by atoms with Crippen LogP contribution >= 0.6 is 0 Å². The third-order valence-electron chi connectivity index (χ3n) is 13.4. The number of benzene rings is 6. The third-order valence-corrected chi connectivity index (χ3v) is 13.4. The van der Waals surface area contributed by atoms with Crippen molar-refractivity contribution in [2.24, 2.45) is 23.7 Å². The number of nitrogens with zero attached hydrogens (tertiary/aromatic N) is 4. The Morgan fingerprint density at radius 2 is 1.02 bits per heavy atom. The van der Waals surface area contributed by atoms with E-state index in [0.717, 1.165) is 40.0 Å². The Labute approximate surface area is 309 Å². The molecular formula is C49H38N4. The van der Waals surface area contributed by atoms with Crippen LogP contribution in [0, 0.1) is 23.7 Å². The summed E-state index contributed by atoms with van der Waals surface area (Å²) in [5.74, 6) is 5.21. The highest BCUT2D eigenvalue weighted by molar-refractivity contribution is 6.13. The molecule has 13 rings (SSSR count). The molecule has 0 aliphatic heterocycles. The van der Waals surface area contributed by atoms with Crippen LogP contribution in [0.1, 0.15) is 43.2 Å². The van der Waals surface area contributed by atoms with Gasteiger partial charge in [0.05, 0.1) is 11.0 Å². The van der Waals surface area contributed by atoms with Crippen LogP contribution in [0.5, 0.6) is 0 Å². The summed E-state index contributed by atoms with van der Waals surface area (Å²) < 4.78 is 2.38. The molecule has 0 radical (unpaired) electrons. The van der Waals surface area contributed by atoms with Crippen molar-refractivity contribution in [1.82, 2.24) is 19.5 Å². The van der Waals surface area contributed by atoms with Gasteiger partial charge in [-0.2, -0.15) is 0 Å². The van der Waals surface area contributed by atoms with E-state index in [2.05, 4.69) is 150 Å². The molecule has 8 aromatic rings. The number of hydrogen-bond donors (Lipinski definition) is 0. The number of fused-ring (bicyclic) bond motifs is 6. The first-order valence-corrected chi connectivity index (χ1v) is 19.4. The second kappa shape index (κ2) is 11.1. The molecule has 4 fully saturated rings. The van der Waals surface area contributed by atoms with Crippen LogP contribution in [0.4, 0.5) is 0 Å². The lowest BCUT2D eigenvalue weighted by molar-refractivity contribution is -0.0397. The fourth-order valence-corrected chi connectivity index (χ4v) is 11.8. The molecule has 2 heterocycles. The summed E-state index contributed by atoms with van der Waals surface area (Å²) in [6.07, 6.45) is 6.76. The third kappa shape index (κ3) is 4.09. The number of aromatic nitrogens is 4. The summed E-state index contributed by atoms with van der Waals surface area (Å²) in [6, 6.07) is 52.7. The molecule has 0 atom stereocenters. The van der Waals surface area contributed by atoms with Gasteiger partial charge in [-0.25, -0.2) is 15.0 Å². The van der Waals surface area contributed by atoms with Crippen LogP contribution in [-0.2, 0) is 5.41 Å². The Morgan fingerprint density at radius 3 is 1.81 bits per heavy atom. The molecule has 5 aliphatic rings. The van der Waals surface area contributed by atoms with E-state index in [1.165, 1.54) is 70.6 Å². The van der Waals surface area contributed by atoms with Crippen molar-refractivity contribution < 1.29 is 0 Å². The van der Waals surface area contributed by atoms with Gasteiger partial charge in [-0.15, -0.1) is 0 Å². The molecule has 4 saturated carbocycles. The van der Waals surface area contributed by atoms with Crippen molar-refractivity contribution in [3.05, 3.63) is 157 Å². The molecule has 2 aromatic heterocycles. The molecule has 0 N–H and O–H groups in total. The van der Waals surface area contributed by atoms with E-state index in [9.17, 15) is 0 Å². The Bertz CT molecular complexity index is 2720. The lowest BCUT2D eigenvalue weighted by Crippen LogP contribution is -2.55. The minimum Gasteiger partial charge on any atom is -0.309 e. The maximum absolute atomic E-state index is 5.55. The quantitative estimate of drug-likeness (QED) is 0.186. The lowest BCUT2D eigenvalue weighted by atomic mass is 9.43. The topological polar surface area (TPSA) is 43.6 Å². The lowest BCUT2D eigenvalue weighted by Gasteiger charge is -2.61. The van der Waals surface area contributed by atoms with Gasteiger partial charge < -0.3 is 4.57 Å². The monoisotopic (exact) mass is 682 g/mol. The number of hydrogen-bond acceptors (Lipinski definition) is 3. The van der Waals surface area contributed by atoms with Crippen molar-refractivity contribution in [2.45, 2.75) is 37.5 Å². The number of para-hydroxylation sites is 3. The predicted molar refractivity (Wildman–Crippen MR) is 214 cm³/mol. The van der Waals surface area contributed by atoms with Crippen LogP contribution in [0.2, 0.25) is 0 Å². The largest absolute Gasteiger partial charge is 0.309 e. The summed E-state index contributed by atoms with van der Waals surface area (Å²) in [5, 5.41) is 2.40. The van der Waals surface area contributed by atoms with Crippen LogP contribution in [0.3, 0.4) is 0 Å². The van der Waals surface area contributed by atoms with Crippen LogP contribution in [0.25, 0.3) is 72.8 Å². The highest BCUT2D eigenvalue weighted by atomic mass is 15.0. The van der Waals surface area contributed by atoms with E-state index < -0.39 is 0 Å². The summed E-state index contributed by atoms with van der Waals surface area (Å²) in [4.78, 5) is 16.3. The van der Waals surface area contributed by atoms with Crippen LogP contribution in [0.15, 0.2) is 146 Å². The maximum Gasteiger partial charge on any atom is 0.166 e. The standard InChI is InChI=1S/C49H38N4/c1-3-13-32(14-4-1)46-50-47(52-48(51-46)41-22-12-20-39-37-18-8-10-24-43(37)53(45(39)41)35-15-5-2-6-16-35)40-21-11-19-38-36-17-7-9-23-42(36)49(44(38)40)33-26-30-25-31(28-33)29-34(49)27-30/h1-24,30-31,33-34H,25-29H2. The Kier molecular flexibility index (Phi) is 6.20. The molecular weight excluding hydrogens is 645 g/mol. The second-order valence-electron chi connectivity index (χ2n) is 16.0. The van der Waals surface area contributed by atoms with Crippen molar-refractivity contribution in [1.29, 1.82) is 0 Å². The highest BCUT2D eigenvalue weighted by Crippen LogP contribution is 2.70. The van der Waals surface area contributed by atoms with E-state index in [1.54, 1.807) is 5.56 Å². The summed E-state index contributed by atoms with van der Waals surface area (Å²) in [5.41, 5.74) is 12.4. The van der Waals surface area contributed by atoms with Gasteiger partial charge in [-0.05, 0) is 102 Å². The fourth-order valence-electron chi connectivity index (χ4n) is 11.8. The van der Waals surface area contributed by atoms with Crippen molar-refractivity contribution in [3.63, 3.8) is 0 Å². The predicted octanol–water partition coefficient (Wildman–Crippen LogP) is 11.7. The van der Waals surface area contributed by atoms with E-state index in [-0.39, 0.29) is 5.41 Å². The minimum atomic E-state index is -0.00457. The molecule has 5 aliphatic carbocycles. The summed E-state index contributed by atoms with van der Waals surface area (Å²) in [7, 11) is 0. The van der Waals surface area contributed by atoms with Gasteiger partial charge in [-0.1, -0.05) is 121 Å². The SMILES string of the molecule is c1ccc(-c2nc(-c3cccc4c3C3(c5ccccc5-4)C4CC5CC(C4)CC3C5)nc(-c3cccc4c5ccccc5n(-c5ccccc5)c34)n2)cc1. The van der Waals surface area contributed by atoms with Crippen molar-refractivity contribution in [3.8, 4) is 51.0 Å². The molecule has 254 valence electrons. The van der Waals surface area contributed by atoms with E-state index in [4.69, 9.17) is 15.0 Å². The first-order chi connectivity index (χ1) is 26.3. The maximum atomic E-state index is 5.55. The zero-order valence-electron chi connectivity index (χ0n) is 29.5. The molecule has 1 spiro atoms. The molecule has 6 aromatic carbocycles. The van der Waals surface area contributed by atoms with Crippen molar-refractivity contribution in [2.75, 3.05) is 0 Å². The normalized spacial score (nSPS) is 23.5. The fraction of sp³-hybridized carbons (Fsp3) is 0.204. The molecule has 4 nitrogen and oxygen atoms in total. The van der Waals surface area contributed by atoms with Gasteiger partial charge in [0, 0.05) is 38.6 Å². The minimum absolute atomic E-state index is 0.00457. The Balaban J connectivity index is 1.15. The average Bonchev–Trinajstić information content (AvgIpc) is 3.71. The molecule has 0 unspecified atom stereocenters. The van der Waals surface area contributed by atoms with Gasteiger partial charge in [0.1, 0.15) is 0 Å². The summed E-state index contributed by atoms with van der Waals surface area (Å²) >= 11 is 0. The Hall–Kier alpha value is -5.87. The second-order valence-corrected chi connectivity index (χ2v) is 16.0. The Morgan fingerprint density at radius 1 is 0.453 bits per heavy atom. The molecule has 0 amide bonds. The average molecular weight is 683 g/mol. The van der Waals surface area contributed by atoms with Crippen molar-refractivity contribution >= 4 is 21.8 Å². The van der Waals surface area contributed by atoms with Gasteiger partial charge in [0.15, 0.2) is 17.5 Å². The zero-order valence-corrected chi connectivity index (χ0v) is 29.5. The summed E-state index contributed by atoms with van der Waals surface area (Å²) in [6.45, 7) is 0. The molecule has 0 saturated heterocycles. The van der Waals surface area contributed by atoms with E-state index in [0.29, 0.717) is 23.5 Å². The molecule has 53 heavy (non-hydrogen) atoms. The first kappa shape index (κ1) is 29.7. The first-order valence-electron chi connectivity index (χ1n) is 19.4. The van der Waals surface area contributed by atoms with Gasteiger partial charge in [0.2, 0.25) is 0 Å². The van der Waals surface area contributed by atoms with Gasteiger partial charge >= 0.3 is 0 Å². The molecule has 4 heteroatoms. The van der Waals surface area contributed by atoms with Crippen LogP contribution in [-0.4, -0.2) is 19.5 Å². The van der Waals surface area contributed by atoms with Gasteiger partial charge in [0.25, 0.3) is 0 Å². The van der Waals surface area contributed by atoms with Gasteiger partial charge in [-0.3, -0.25) is 0 Å². The number of rotatable bonds is 4. The van der Waals surface area contributed by atoms with E-state index >= 15 is 0 Å². The van der Waals surface area contributed by atoms with E-state index in [1.807, 2.05) is 0 Å². The zero-order chi connectivity index (χ0) is 34.7. The smallest absolute Gasteiger partial charge is 0.166 e. The van der Waals surface area contributed by atoms with Crippen LogP contribution < -0.4 is 0 Å². The molecule has 4 bridgehead atoms.